The van der Waals surface area contributed by atoms with Crippen molar-refractivity contribution in [1.82, 2.24) is 20.2 Å². The van der Waals surface area contributed by atoms with Crippen molar-refractivity contribution >= 4 is 46.3 Å². The summed E-state index contributed by atoms with van der Waals surface area (Å²) in [5.74, 6) is -0.527. The van der Waals surface area contributed by atoms with Crippen LogP contribution >= 0.6 is 22.9 Å². The van der Waals surface area contributed by atoms with Crippen molar-refractivity contribution in [2.45, 2.75) is 6.54 Å². The first-order chi connectivity index (χ1) is 14.0. The van der Waals surface area contributed by atoms with Gasteiger partial charge in [-0.1, -0.05) is 11.6 Å². The second-order valence-corrected chi connectivity index (χ2v) is 8.05. The van der Waals surface area contributed by atoms with Crippen molar-refractivity contribution in [2.24, 2.45) is 0 Å². The number of rotatable bonds is 5. The Morgan fingerprint density at radius 3 is 2.66 bits per heavy atom. The van der Waals surface area contributed by atoms with E-state index in [-0.39, 0.29) is 37.4 Å². The Labute approximate surface area is 175 Å². The SMILES string of the molecule is O=C1CN(c2ccc(-n3cnc(CNC(=O)c4ccc(Cl)s4)c3)cc2)C(=O)CN1. The Hall–Kier alpha value is -3.17. The van der Waals surface area contributed by atoms with Crippen LogP contribution in [0.4, 0.5) is 5.69 Å². The summed E-state index contributed by atoms with van der Waals surface area (Å²) in [6.45, 7) is 0.314. The van der Waals surface area contributed by atoms with Crippen molar-refractivity contribution in [1.29, 1.82) is 0 Å². The van der Waals surface area contributed by atoms with Crippen molar-refractivity contribution in [3.63, 3.8) is 0 Å². The largest absolute Gasteiger partial charge is 0.346 e. The standard InChI is InChI=1S/C19H16ClN5O3S/c20-16-6-5-15(29-16)19(28)22-7-12-9-24(11-23-12)13-1-3-14(4-2-13)25-10-17(26)21-8-18(25)27/h1-6,9,11H,7-8,10H2,(H,21,26)(H,22,28). The monoisotopic (exact) mass is 429 g/mol. The van der Waals surface area contributed by atoms with Crippen LogP contribution in [-0.2, 0) is 16.1 Å². The average Bonchev–Trinajstić information content (AvgIpc) is 3.37. The summed E-state index contributed by atoms with van der Waals surface area (Å²) in [4.78, 5) is 41.9. The molecule has 1 fully saturated rings. The number of benzene rings is 1. The maximum absolute atomic E-state index is 12.1. The first-order valence-electron chi connectivity index (χ1n) is 8.73. The quantitative estimate of drug-likeness (QED) is 0.648. The van der Waals surface area contributed by atoms with Crippen LogP contribution in [-0.4, -0.2) is 40.4 Å². The fourth-order valence-electron chi connectivity index (χ4n) is 2.89. The van der Waals surface area contributed by atoms with Crippen molar-refractivity contribution in [3.8, 4) is 5.69 Å². The van der Waals surface area contributed by atoms with Gasteiger partial charge in [-0.25, -0.2) is 4.98 Å². The summed E-state index contributed by atoms with van der Waals surface area (Å²) in [5, 5.41) is 5.33. The third-order valence-corrected chi connectivity index (χ3v) is 5.59. The highest BCUT2D eigenvalue weighted by molar-refractivity contribution is 7.17. The highest BCUT2D eigenvalue weighted by Crippen LogP contribution is 2.21. The minimum absolute atomic E-state index is 0.00879. The third kappa shape index (κ3) is 4.30. The summed E-state index contributed by atoms with van der Waals surface area (Å²) in [5.41, 5.74) is 2.21. The molecule has 0 atom stereocenters. The van der Waals surface area contributed by atoms with Crippen LogP contribution in [0.2, 0.25) is 4.34 Å². The number of nitrogens with one attached hydrogen (secondary N) is 2. The number of carbonyl (C=O) groups excluding carboxylic acids is 3. The molecule has 3 amide bonds. The van der Waals surface area contributed by atoms with E-state index < -0.39 is 0 Å². The third-order valence-electron chi connectivity index (χ3n) is 4.36. The molecule has 4 rings (SSSR count). The Kier molecular flexibility index (Phi) is 5.32. The zero-order chi connectivity index (χ0) is 20.4. The van der Waals surface area contributed by atoms with Gasteiger partial charge in [0, 0.05) is 17.6 Å². The lowest BCUT2D eigenvalue weighted by atomic mass is 10.2. The Morgan fingerprint density at radius 1 is 1.17 bits per heavy atom. The minimum Gasteiger partial charge on any atom is -0.346 e. The molecule has 0 spiro atoms. The number of piperazine rings is 1. The maximum atomic E-state index is 12.1. The van der Waals surface area contributed by atoms with Crippen LogP contribution in [0.3, 0.4) is 0 Å². The first-order valence-corrected chi connectivity index (χ1v) is 9.93. The fourth-order valence-corrected chi connectivity index (χ4v) is 3.85. The van der Waals surface area contributed by atoms with Gasteiger partial charge in [0.1, 0.15) is 6.54 Å². The molecule has 29 heavy (non-hydrogen) atoms. The maximum Gasteiger partial charge on any atom is 0.261 e. The highest BCUT2D eigenvalue weighted by atomic mass is 35.5. The van der Waals surface area contributed by atoms with Crippen molar-refractivity contribution < 1.29 is 14.4 Å². The summed E-state index contributed by atoms with van der Waals surface area (Å²) in [6, 6.07) is 10.6. The zero-order valence-electron chi connectivity index (χ0n) is 15.1. The molecule has 1 aliphatic heterocycles. The number of hydrogen-bond donors (Lipinski definition) is 2. The lowest BCUT2D eigenvalue weighted by molar-refractivity contribution is -0.128. The van der Waals surface area contributed by atoms with Gasteiger partial charge in [-0.15, -0.1) is 11.3 Å². The molecule has 1 aromatic carbocycles. The molecule has 0 saturated carbocycles. The van der Waals surface area contributed by atoms with E-state index in [0.717, 1.165) is 5.69 Å². The van der Waals surface area contributed by atoms with Gasteiger partial charge in [0.25, 0.3) is 5.91 Å². The molecule has 10 heteroatoms. The molecule has 3 heterocycles. The molecular formula is C19H16ClN5O3S. The Morgan fingerprint density at radius 2 is 1.93 bits per heavy atom. The lowest BCUT2D eigenvalue weighted by Crippen LogP contribution is -2.51. The minimum atomic E-state index is -0.198. The van der Waals surface area contributed by atoms with Crippen molar-refractivity contribution in [2.75, 3.05) is 18.0 Å². The number of anilines is 1. The van der Waals surface area contributed by atoms with Crippen LogP contribution in [0.5, 0.6) is 0 Å². The van der Waals surface area contributed by atoms with E-state index in [1.54, 1.807) is 30.6 Å². The molecule has 1 saturated heterocycles. The Bertz CT molecular complexity index is 1080. The van der Waals surface area contributed by atoms with Gasteiger partial charge in [0.15, 0.2) is 0 Å². The van der Waals surface area contributed by atoms with Gasteiger partial charge < -0.3 is 20.1 Å². The zero-order valence-corrected chi connectivity index (χ0v) is 16.7. The van der Waals surface area contributed by atoms with Crippen molar-refractivity contribution in [3.05, 3.63) is 63.8 Å². The number of amides is 3. The number of carbonyl (C=O) groups is 3. The van der Waals surface area contributed by atoms with E-state index in [9.17, 15) is 14.4 Å². The van der Waals surface area contributed by atoms with E-state index in [1.807, 2.05) is 22.9 Å². The van der Waals surface area contributed by atoms with Crippen LogP contribution in [0.15, 0.2) is 48.9 Å². The number of imidazole rings is 1. The second kappa shape index (κ2) is 8.06. The van der Waals surface area contributed by atoms with E-state index in [1.165, 1.54) is 16.2 Å². The Balaban J connectivity index is 1.40. The molecule has 0 radical (unpaired) electrons. The van der Waals surface area contributed by atoms with Crippen LogP contribution in [0, 0.1) is 0 Å². The number of thiophene rings is 1. The normalized spacial score (nSPS) is 14.0. The molecular weight excluding hydrogens is 414 g/mol. The van der Waals surface area contributed by atoms with E-state index in [2.05, 4.69) is 15.6 Å². The van der Waals surface area contributed by atoms with Gasteiger partial charge >= 0.3 is 0 Å². The predicted molar refractivity (Wildman–Crippen MR) is 109 cm³/mol. The van der Waals surface area contributed by atoms with Crippen LogP contribution in [0.25, 0.3) is 5.69 Å². The van der Waals surface area contributed by atoms with Gasteiger partial charge in [-0.05, 0) is 36.4 Å². The summed E-state index contributed by atoms with van der Waals surface area (Å²) in [7, 11) is 0. The lowest BCUT2D eigenvalue weighted by Gasteiger charge is -2.26. The molecule has 8 nitrogen and oxygen atoms in total. The number of hydrogen-bond acceptors (Lipinski definition) is 5. The molecule has 0 bridgehead atoms. The highest BCUT2D eigenvalue weighted by Gasteiger charge is 2.24. The first kappa shape index (κ1) is 19.2. The fraction of sp³-hybridized carbons (Fsp3) is 0.158. The van der Waals surface area contributed by atoms with Crippen LogP contribution in [0.1, 0.15) is 15.4 Å². The number of nitrogens with zero attached hydrogens (tertiary/aromatic N) is 3. The molecule has 2 N–H and O–H groups in total. The molecule has 148 valence electrons. The smallest absolute Gasteiger partial charge is 0.261 e. The molecule has 1 aliphatic rings. The summed E-state index contributed by atoms with van der Waals surface area (Å²) >= 11 is 7.07. The van der Waals surface area contributed by atoms with Gasteiger partial charge in [0.2, 0.25) is 11.8 Å². The van der Waals surface area contributed by atoms with Gasteiger partial charge in [-0.3, -0.25) is 14.4 Å². The van der Waals surface area contributed by atoms with E-state index >= 15 is 0 Å². The molecule has 0 unspecified atom stereocenters. The van der Waals surface area contributed by atoms with E-state index in [4.69, 9.17) is 11.6 Å². The van der Waals surface area contributed by atoms with Crippen LogP contribution < -0.4 is 15.5 Å². The topological polar surface area (TPSA) is 96.3 Å². The van der Waals surface area contributed by atoms with Gasteiger partial charge in [0.05, 0.1) is 34.3 Å². The summed E-state index contributed by atoms with van der Waals surface area (Å²) < 4.78 is 2.38. The van der Waals surface area contributed by atoms with Gasteiger partial charge in [-0.2, -0.15) is 0 Å². The molecule has 0 aliphatic carbocycles. The molecule has 3 aromatic rings. The number of aromatic nitrogens is 2. The molecule has 2 aromatic heterocycles. The summed E-state index contributed by atoms with van der Waals surface area (Å²) in [6.07, 6.45) is 3.47. The number of halogens is 1. The average molecular weight is 430 g/mol. The second-order valence-electron chi connectivity index (χ2n) is 6.33. The predicted octanol–water partition coefficient (Wildman–Crippen LogP) is 1.98. The van der Waals surface area contributed by atoms with E-state index in [0.29, 0.717) is 20.6 Å².